The summed E-state index contributed by atoms with van der Waals surface area (Å²) in [6.45, 7) is 1.00. The molecule has 2 amide bonds. The molecule has 2 aromatic rings. The number of hydrogen-bond acceptors (Lipinski definition) is 4. The molecule has 0 bridgehead atoms. The smallest absolute Gasteiger partial charge is 0.259 e. The van der Waals surface area contributed by atoms with Crippen molar-refractivity contribution in [2.24, 2.45) is 0 Å². The molecule has 27 heavy (non-hydrogen) atoms. The SMILES string of the molecule is COC1C(=O)N(c2cccc(F)c2)C12CCN(C(=O)c1ccncc1)CC2. The fourth-order valence-corrected chi connectivity index (χ4v) is 4.20. The van der Waals surface area contributed by atoms with Crippen LogP contribution in [0.1, 0.15) is 23.2 Å². The molecule has 0 N–H and O–H groups in total. The van der Waals surface area contributed by atoms with Crippen LogP contribution in [0.15, 0.2) is 48.8 Å². The average Bonchev–Trinajstić information content (AvgIpc) is 2.69. The lowest BCUT2D eigenvalue weighted by Crippen LogP contribution is -2.78. The van der Waals surface area contributed by atoms with Crippen molar-refractivity contribution in [1.29, 1.82) is 0 Å². The Hall–Kier alpha value is -2.80. The van der Waals surface area contributed by atoms with Crippen molar-refractivity contribution in [2.45, 2.75) is 24.5 Å². The molecule has 4 rings (SSSR count). The Kier molecular flexibility index (Phi) is 4.39. The number of benzene rings is 1. The maximum Gasteiger partial charge on any atom is 0.259 e. The number of carbonyl (C=O) groups is 2. The number of methoxy groups -OCH3 is 1. The van der Waals surface area contributed by atoms with E-state index in [1.807, 2.05) is 0 Å². The Balaban J connectivity index is 1.56. The number of ether oxygens (including phenoxy) is 1. The molecule has 7 heteroatoms. The molecule has 0 saturated carbocycles. The number of pyridine rings is 1. The molecule has 1 aromatic heterocycles. The van der Waals surface area contributed by atoms with Gasteiger partial charge in [-0.05, 0) is 43.2 Å². The zero-order chi connectivity index (χ0) is 19.0. The van der Waals surface area contributed by atoms with E-state index in [1.165, 1.54) is 19.2 Å². The quantitative estimate of drug-likeness (QED) is 0.779. The third-order valence-electron chi connectivity index (χ3n) is 5.52. The molecule has 2 aliphatic heterocycles. The van der Waals surface area contributed by atoms with Crippen molar-refractivity contribution in [2.75, 3.05) is 25.1 Å². The number of piperidine rings is 1. The van der Waals surface area contributed by atoms with Crippen LogP contribution in [0.5, 0.6) is 0 Å². The first kappa shape index (κ1) is 17.6. The second kappa shape index (κ2) is 6.74. The van der Waals surface area contributed by atoms with E-state index in [4.69, 9.17) is 4.74 Å². The van der Waals surface area contributed by atoms with E-state index in [2.05, 4.69) is 4.98 Å². The number of amides is 2. The highest BCUT2D eigenvalue weighted by Gasteiger charge is 2.62. The first-order valence-corrected chi connectivity index (χ1v) is 8.88. The Morgan fingerprint density at radius 3 is 2.56 bits per heavy atom. The lowest BCUT2D eigenvalue weighted by Gasteiger charge is -2.59. The van der Waals surface area contributed by atoms with E-state index in [0.29, 0.717) is 37.2 Å². The van der Waals surface area contributed by atoms with Crippen LogP contribution in [-0.2, 0) is 9.53 Å². The van der Waals surface area contributed by atoms with Gasteiger partial charge in [0.1, 0.15) is 5.82 Å². The molecule has 0 aliphatic carbocycles. The van der Waals surface area contributed by atoms with Gasteiger partial charge < -0.3 is 14.5 Å². The third kappa shape index (κ3) is 2.78. The van der Waals surface area contributed by atoms with Gasteiger partial charge in [-0.1, -0.05) is 6.07 Å². The van der Waals surface area contributed by atoms with Gasteiger partial charge in [0.2, 0.25) is 0 Å². The van der Waals surface area contributed by atoms with E-state index in [-0.39, 0.29) is 17.6 Å². The summed E-state index contributed by atoms with van der Waals surface area (Å²) < 4.78 is 19.1. The summed E-state index contributed by atoms with van der Waals surface area (Å²) in [5.74, 6) is -0.609. The Bertz CT molecular complexity index is 866. The molecule has 1 atom stereocenters. The molecule has 6 nitrogen and oxygen atoms in total. The van der Waals surface area contributed by atoms with E-state index in [9.17, 15) is 14.0 Å². The Labute approximate surface area is 156 Å². The molecule has 1 spiro atoms. The van der Waals surface area contributed by atoms with Gasteiger partial charge in [0.15, 0.2) is 6.10 Å². The summed E-state index contributed by atoms with van der Waals surface area (Å²) in [5.41, 5.74) is 0.576. The summed E-state index contributed by atoms with van der Waals surface area (Å²) in [6, 6.07) is 9.41. The van der Waals surface area contributed by atoms with Gasteiger partial charge in [-0.25, -0.2) is 4.39 Å². The number of halogens is 1. The maximum atomic E-state index is 13.7. The molecule has 0 radical (unpaired) electrons. The van der Waals surface area contributed by atoms with E-state index in [1.54, 1.807) is 46.5 Å². The lowest BCUT2D eigenvalue weighted by atomic mass is 9.72. The van der Waals surface area contributed by atoms with Crippen molar-refractivity contribution in [3.05, 3.63) is 60.2 Å². The molecule has 1 unspecified atom stereocenters. The van der Waals surface area contributed by atoms with Gasteiger partial charge in [-0.3, -0.25) is 14.6 Å². The topological polar surface area (TPSA) is 62.7 Å². The predicted octanol–water partition coefficient (Wildman–Crippen LogP) is 2.26. The lowest BCUT2D eigenvalue weighted by molar-refractivity contribution is -0.150. The highest BCUT2D eigenvalue weighted by atomic mass is 19.1. The van der Waals surface area contributed by atoms with Gasteiger partial charge in [-0.2, -0.15) is 0 Å². The molecular formula is C20H20FN3O3. The van der Waals surface area contributed by atoms with Crippen LogP contribution in [0, 0.1) is 5.82 Å². The van der Waals surface area contributed by atoms with Crippen LogP contribution < -0.4 is 4.90 Å². The van der Waals surface area contributed by atoms with Crippen LogP contribution in [-0.4, -0.2) is 53.5 Å². The van der Waals surface area contributed by atoms with Crippen LogP contribution >= 0.6 is 0 Å². The van der Waals surface area contributed by atoms with Crippen LogP contribution in [0.2, 0.25) is 0 Å². The number of aromatic nitrogens is 1. The van der Waals surface area contributed by atoms with Gasteiger partial charge in [0.25, 0.3) is 11.8 Å². The zero-order valence-corrected chi connectivity index (χ0v) is 15.0. The van der Waals surface area contributed by atoms with E-state index < -0.39 is 11.6 Å². The fourth-order valence-electron chi connectivity index (χ4n) is 4.20. The van der Waals surface area contributed by atoms with Crippen molar-refractivity contribution < 1.29 is 18.7 Å². The third-order valence-corrected chi connectivity index (χ3v) is 5.52. The molecule has 2 saturated heterocycles. The monoisotopic (exact) mass is 369 g/mol. The van der Waals surface area contributed by atoms with Crippen molar-refractivity contribution in [1.82, 2.24) is 9.88 Å². The summed E-state index contributed by atoms with van der Waals surface area (Å²) in [7, 11) is 1.52. The number of carbonyl (C=O) groups excluding carboxylic acids is 2. The molecule has 1 aromatic carbocycles. The number of likely N-dealkylation sites (tertiary alicyclic amines) is 1. The minimum atomic E-state index is -0.570. The molecular weight excluding hydrogens is 349 g/mol. The van der Waals surface area contributed by atoms with Gasteiger partial charge in [0, 0.05) is 43.8 Å². The van der Waals surface area contributed by atoms with E-state index in [0.717, 1.165) is 0 Å². The Morgan fingerprint density at radius 2 is 1.93 bits per heavy atom. The average molecular weight is 369 g/mol. The van der Waals surface area contributed by atoms with Crippen molar-refractivity contribution in [3.63, 3.8) is 0 Å². The summed E-state index contributed by atoms with van der Waals surface area (Å²) in [5, 5.41) is 0. The minimum absolute atomic E-state index is 0.0517. The van der Waals surface area contributed by atoms with Crippen molar-refractivity contribution in [3.8, 4) is 0 Å². The Morgan fingerprint density at radius 1 is 1.22 bits per heavy atom. The number of anilines is 1. The predicted molar refractivity (Wildman–Crippen MR) is 96.8 cm³/mol. The second-order valence-electron chi connectivity index (χ2n) is 6.90. The maximum absolute atomic E-state index is 13.7. The highest BCUT2D eigenvalue weighted by molar-refractivity contribution is 6.07. The second-order valence-corrected chi connectivity index (χ2v) is 6.90. The number of hydrogen-bond donors (Lipinski definition) is 0. The molecule has 140 valence electrons. The van der Waals surface area contributed by atoms with Gasteiger partial charge in [0.05, 0.1) is 5.54 Å². The first-order valence-electron chi connectivity index (χ1n) is 8.88. The van der Waals surface area contributed by atoms with Crippen molar-refractivity contribution >= 4 is 17.5 Å². The number of nitrogens with zero attached hydrogens (tertiary/aromatic N) is 3. The summed E-state index contributed by atoms with van der Waals surface area (Å²) in [4.78, 5) is 32.6. The first-order chi connectivity index (χ1) is 13.1. The minimum Gasteiger partial charge on any atom is -0.369 e. The zero-order valence-electron chi connectivity index (χ0n) is 15.0. The molecule has 2 aliphatic rings. The normalized spacial score (nSPS) is 21.3. The number of β-lactam (4-membered cyclic amide) rings is 1. The van der Waals surface area contributed by atoms with E-state index >= 15 is 0 Å². The standard InChI is InChI=1S/C20H20FN3O3/c1-27-17-19(26)24(16-4-2-3-15(21)13-16)20(17)7-11-23(12-8-20)18(25)14-5-9-22-10-6-14/h2-6,9-10,13,17H,7-8,11-12H2,1H3. The molecule has 2 fully saturated rings. The highest BCUT2D eigenvalue weighted by Crippen LogP contribution is 2.45. The number of rotatable bonds is 3. The summed E-state index contributed by atoms with van der Waals surface area (Å²) >= 11 is 0. The van der Waals surface area contributed by atoms with Crippen LogP contribution in [0.4, 0.5) is 10.1 Å². The largest absolute Gasteiger partial charge is 0.369 e. The van der Waals surface area contributed by atoms with Gasteiger partial charge >= 0.3 is 0 Å². The summed E-state index contributed by atoms with van der Waals surface area (Å²) in [6.07, 6.45) is 3.76. The van der Waals surface area contributed by atoms with Crippen LogP contribution in [0.25, 0.3) is 0 Å². The van der Waals surface area contributed by atoms with Gasteiger partial charge in [-0.15, -0.1) is 0 Å². The van der Waals surface area contributed by atoms with Crippen LogP contribution in [0.3, 0.4) is 0 Å². The fraction of sp³-hybridized carbons (Fsp3) is 0.350. The molecule has 3 heterocycles.